The van der Waals surface area contributed by atoms with Crippen LogP contribution in [0.2, 0.25) is 5.02 Å². The average molecular weight is 377 g/mol. The third-order valence-electron chi connectivity index (χ3n) is 3.59. The zero-order valence-corrected chi connectivity index (χ0v) is 15.6. The zero-order chi connectivity index (χ0) is 19.1. The van der Waals surface area contributed by atoms with E-state index in [0.717, 1.165) is 5.56 Å². The molecule has 7 heteroatoms. The number of nitrogens with one attached hydrogen (secondary N) is 2. The number of hydrogen-bond donors (Lipinski definition) is 2. The van der Waals surface area contributed by atoms with Crippen molar-refractivity contribution in [3.63, 3.8) is 0 Å². The molecule has 2 aromatic carbocycles. The summed E-state index contributed by atoms with van der Waals surface area (Å²) in [5.41, 5.74) is 1.77. The molecule has 0 aromatic heterocycles. The molecule has 2 amide bonds. The molecular formula is C19H21ClN2O4. The molecule has 26 heavy (non-hydrogen) atoms. The van der Waals surface area contributed by atoms with Crippen LogP contribution in [0.1, 0.15) is 18.9 Å². The summed E-state index contributed by atoms with van der Waals surface area (Å²) in [6.45, 7) is 3.42. The molecule has 138 valence electrons. The molecule has 0 fully saturated rings. The summed E-state index contributed by atoms with van der Waals surface area (Å²) in [4.78, 5) is 23.9. The fraction of sp³-hybridized carbons (Fsp3) is 0.263. The van der Waals surface area contributed by atoms with Crippen molar-refractivity contribution in [2.45, 2.75) is 20.3 Å². The zero-order valence-electron chi connectivity index (χ0n) is 14.9. The number of benzene rings is 2. The molecule has 0 saturated carbocycles. The monoisotopic (exact) mass is 376 g/mol. The van der Waals surface area contributed by atoms with E-state index in [4.69, 9.17) is 21.1 Å². The van der Waals surface area contributed by atoms with Gasteiger partial charge in [-0.05, 0) is 42.8 Å². The maximum Gasteiger partial charge on any atom is 0.262 e. The van der Waals surface area contributed by atoms with Gasteiger partial charge in [0, 0.05) is 17.5 Å². The third-order valence-corrected chi connectivity index (χ3v) is 3.83. The number of carbonyl (C=O) groups is 2. The molecule has 0 atom stereocenters. The standard InChI is InChI=1S/C19H21ClN2O4/c1-4-18(23)21-15-7-6-14(25-3)10-16(15)22-19(24)11-26-17-8-5-13(20)9-12(17)2/h5-10H,4,11H2,1-3H3,(H,21,23)(H,22,24). The smallest absolute Gasteiger partial charge is 0.262 e. The molecule has 0 aliphatic rings. The number of halogens is 1. The number of methoxy groups -OCH3 is 1. The molecule has 2 rings (SSSR count). The molecule has 0 heterocycles. The van der Waals surface area contributed by atoms with Crippen molar-refractivity contribution < 1.29 is 19.1 Å². The fourth-order valence-electron chi connectivity index (χ4n) is 2.21. The lowest BCUT2D eigenvalue weighted by Gasteiger charge is -2.14. The van der Waals surface area contributed by atoms with Crippen LogP contribution in [-0.2, 0) is 9.59 Å². The quantitative estimate of drug-likeness (QED) is 0.765. The summed E-state index contributed by atoms with van der Waals surface area (Å²) in [5.74, 6) is 0.622. The number of rotatable bonds is 7. The Morgan fingerprint density at radius 2 is 1.77 bits per heavy atom. The molecule has 0 unspecified atom stereocenters. The summed E-state index contributed by atoms with van der Waals surface area (Å²) in [5, 5.41) is 6.08. The Bertz CT molecular complexity index is 808. The summed E-state index contributed by atoms with van der Waals surface area (Å²) >= 11 is 5.91. The summed E-state index contributed by atoms with van der Waals surface area (Å²) in [6.07, 6.45) is 0.332. The first kappa shape index (κ1) is 19.6. The Labute approximate surface area is 157 Å². The topological polar surface area (TPSA) is 76.7 Å². The van der Waals surface area contributed by atoms with Gasteiger partial charge in [0.05, 0.1) is 18.5 Å². The molecular weight excluding hydrogens is 356 g/mol. The predicted molar refractivity (Wildman–Crippen MR) is 102 cm³/mol. The van der Waals surface area contributed by atoms with E-state index in [-0.39, 0.29) is 18.4 Å². The van der Waals surface area contributed by atoms with Crippen LogP contribution in [0.4, 0.5) is 11.4 Å². The van der Waals surface area contributed by atoms with Gasteiger partial charge in [-0.25, -0.2) is 0 Å². The second-order valence-corrected chi connectivity index (χ2v) is 6.00. The highest BCUT2D eigenvalue weighted by Gasteiger charge is 2.12. The summed E-state index contributed by atoms with van der Waals surface area (Å²) < 4.78 is 10.7. The second-order valence-electron chi connectivity index (χ2n) is 5.56. The van der Waals surface area contributed by atoms with Gasteiger partial charge >= 0.3 is 0 Å². The largest absolute Gasteiger partial charge is 0.497 e. The summed E-state index contributed by atoms with van der Waals surface area (Å²) in [7, 11) is 1.53. The Morgan fingerprint density at radius 3 is 2.42 bits per heavy atom. The molecule has 0 bridgehead atoms. The van der Waals surface area contributed by atoms with Gasteiger partial charge in [-0.15, -0.1) is 0 Å². The van der Waals surface area contributed by atoms with E-state index >= 15 is 0 Å². The fourth-order valence-corrected chi connectivity index (χ4v) is 2.43. The average Bonchev–Trinajstić information content (AvgIpc) is 2.62. The van der Waals surface area contributed by atoms with Crippen molar-refractivity contribution in [3.8, 4) is 11.5 Å². The number of anilines is 2. The lowest BCUT2D eigenvalue weighted by molar-refractivity contribution is -0.118. The Balaban J connectivity index is 2.07. The minimum absolute atomic E-state index is 0.154. The van der Waals surface area contributed by atoms with Crippen LogP contribution >= 0.6 is 11.6 Å². The predicted octanol–water partition coefficient (Wildman–Crippen LogP) is 4.02. The van der Waals surface area contributed by atoms with Gasteiger partial charge in [0.2, 0.25) is 5.91 Å². The van der Waals surface area contributed by atoms with Crippen molar-refractivity contribution in [3.05, 3.63) is 47.0 Å². The van der Waals surface area contributed by atoms with Gasteiger partial charge in [0.25, 0.3) is 5.91 Å². The van der Waals surface area contributed by atoms with Crippen LogP contribution in [0.25, 0.3) is 0 Å². The Kier molecular flexibility index (Phi) is 6.86. The highest BCUT2D eigenvalue weighted by Crippen LogP contribution is 2.27. The highest BCUT2D eigenvalue weighted by molar-refractivity contribution is 6.30. The van der Waals surface area contributed by atoms with E-state index in [0.29, 0.717) is 34.3 Å². The number of carbonyl (C=O) groups excluding carboxylic acids is 2. The van der Waals surface area contributed by atoms with Crippen LogP contribution in [0.5, 0.6) is 11.5 Å². The van der Waals surface area contributed by atoms with Crippen LogP contribution in [0.3, 0.4) is 0 Å². The van der Waals surface area contributed by atoms with Gasteiger partial charge in [-0.1, -0.05) is 18.5 Å². The molecule has 6 nitrogen and oxygen atoms in total. The number of aryl methyl sites for hydroxylation is 1. The lowest BCUT2D eigenvalue weighted by Crippen LogP contribution is -2.22. The minimum atomic E-state index is -0.361. The van der Waals surface area contributed by atoms with Crippen molar-refractivity contribution in [1.29, 1.82) is 0 Å². The van der Waals surface area contributed by atoms with E-state index in [2.05, 4.69) is 10.6 Å². The van der Waals surface area contributed by atoms with Crippen LogP contribution in [-0.4, -0.2) is 25.5 Å². The van der Waals surface area contributed by atoms with Gasteiger partial charge in [-0.3, -0.25) is 9.59 Å². The maximum absolute atomic E-state index is 12.3. The number of ether oxygens (including phenoxy) is 2. The first-order chi connectivity index (χ1) is 12.4. The van der Waals surface area contributed by atoms with E-state index in [1.165, 1.54) is 7.11 Å². The third kappa shape index (κ3) is 5.39. The summed E-state index contributed by atoms with van der Waals surface area (Å²) in [6, 6.07) is 10.2. The van der Waals surface area contributed by atoms with E-state index in [1.807, 2.05) is 6.92 Å². The first-order valence-corrected chi connectivity index (χ1v) is 8.47. The SMILES string of the molecule is CCC(=O)Nc1ccc(OC)cc1NC(=O)COc1ccc(Cl)cc1C. The van der Waals surface area contributed by atoms with Gasteiger partial charge in [-0.2, -0.15) is 0 Å². The Morgan fingerprint density at radius 1 is 1.04 bits per heavy atom. The number of hydrogen-bond acceptors (Lipinski definition) is 4. The molecule has 0 aliphatic heterocycles. The van der Waals surface area contributed by atoms with Gasteiger partial charge in [0.1, 0.15) is 11.5 Å². The molecule has 0 aliphatic carbocycles. The lowest BCUT2D eigenvalue weighted by atomic mass is 10.2. The van der Waals surface area contributed by atoms with Crippen LogP contribution < -0.4 is 20.1 Å². The van der Waals surface area contributed by atoms with E-state index in [1.54, 1.807) is 43.3 Å². The van der Waals surface area contributed by atoms with Crippen molar-refractivity contribution >= 4 is 34.8 Å². The normalized spacial score (nSPS) is 10.2. The van der Waals surface area contributed by atoms with Crippen molar-refractivity contribution in [1.82, 2.24) is 0 Å². The molecule has 2 aromatic rings. The molecule has 0 spiro atoms. The maximum atomic E-state index is 12.3. The van der Waals surface area contributed by atoms with Crippen molar-refractivity contribution in [2.24, 2.45) is 0 Å². The second kappa shape index (κ2) is 9.10. The molecule has 0 saturated heterocycles. The minimum Gasteiger partial charge on any atom is -0.497 e. The van der Waals surface area contributed by atoms with Crippen molar-refractivity contribution in [2.75, 3.05) is 24.4 Å². The molecule has 2 N–H and O–H groups in total. The van der Waals surface area contributed by atoms with E-state index < -0.39 is 0 Å². The first-order valence-electron chi connectivity index (χ1n) is 8.09. The highest BCUT2D eigenvalue weighted by atomic mass is 35.5. The van der Waals surface area contributed by atoms with Gasteiger partial charge in [0.15, 0.2) is 6.61 Å². The van der Waals surface area contributed by atoms with Crippen LogP contribution in [0, 0.1) is 6.92 Å². The van der Waals surface area contributed by atoms with Crippen LogP contribution in [0.15, 0.2) is 36.4 Å². The van der Waals surface area contributed by atoms with E-state index in [9.17, 15) is 9.59 Å². The van der Waals surface area contributed by atoms with Gasteiger partial charge < -0.3 is 20.1 Å². The number of amides is 2. The molecule has 0 radical (unpaired) electrons. The Hall–Kier alpha value is -2.73.